The fourth-order valence-electron chi connectivity index (χ4n) is 4.62. The molecule has 1 aliphatic heterocycles. The molecule has 1 atom stereocenters. The standard InChI is InChI=1S/C28H37N5O4S/c1-4-5-18-37-23-10-12-24(13-11-23)38(35,36)32(3)22-14-16-33(20-22)17-15-29-28(34)31-27-19-21(2)30-26-9-7-6-8-25(26)27/h6-13,19,22H,4-5,14-18,20H2,1-3H3,(H2,29,30,31,34). The summed E-state index contributed by atoms with van der Waals surface area (Å²) in [5.74, 6) is 0.677. The Hall–Kier alpha value is -3.21. The number of likely N-dealkylation sites (N-methyl/N-ethyl adjacent to an activating group) is 1. The lowest BCUT2D eigenvalue weighted by Crippen LogP contribution is -2.40. The van der Waals surface area contributed by atoms with Crippen LogP contribution in [-0.2, 0) is 10.0 Å². The second-order valence-corrected chi connectivity index (χ2v) is 11.6. The number of nitrogens with zero attached hydrogens (tertiary/aromatic N) is 3. The van der Waals surface area contributed by atoms with Crippen molar-refractivity contribution in [2.24, 2.45) is 0 Å². The van der Waals surface area contributed by atoms with Gasteiger partial charge in [0.05, 0.1) is 22.7 Å². The third kappa shape index (κ3) is 6.80. The first-order chi connectivity index (χ1) is 18.3. The zero-order valence-electron chi connectivity index (χ0n) is 22.3. The molecule has 3 aromatic rings. The molecular weight excluding hydrogens is 502 g/mol. The zero-order chi connectivity index (χ0) is 27.1. The van der Waals surface area contributed by atoms with Gasteiger partial charge in [0.1, 0.15) is 5.75 Å². The molecule has 2 amide bonds. The number of carbonyl (C=O) groups is 1. The molecule has 0 aliphatic carbocycles. The van der Waals surface area contributed by atoms with Gasteiger partial charge < -0.3 is 15.4 Å². The summed E-state index contributed by atoms with van der Waals surface area (Å²) in [5.41, 5.74) is 2.39. The van der Waals surface area contributed by atoms with Crippen LogP contribution in [0.3, 0.4) is 0 Å². The van der Waals surface area contributed by atoms with Gasteiger partial charge in [-0.3, -0.25) is 9.88 Å². The van der Waals surface area contributed by atoms with E-state index in [1.54, 1.807) is 31.3 Å². The van der Waals surface area contributed by atoms with E-state index in [4.69, 9.17) is 4.74 Å². The molecule has 1 saturated heterocycles. The lowest BCUT2D eigenvalue weighted by atomic mass is 10.1. The molecule has 204 valence electrons. The third-order valence-electron chi connectivity index (χ3n) is 6.84. The van der Waals surface area contributed by atoms with Gasteiger partial charge in [0.2, 0.25) is 10.0 Å². The normalized spacial score (nSPS) is 16.2. The van der Waals surface area contributed by atoms with Crippen molar-refractivity contribution in [2.75, 3.05) is 45.2 Å². The molecule has 0 bridgehead atoms. The number of unbranched alkanes of at least 4 members (excludes halogenated alkanes) is 1. The smallest absolute Gasteiger partial charge is 0.319 e. The molecule has 2 heterocycles. The molecule has 1 unspecified atom stereocenters. The maximum Gasteiger partial charge on any atom is 0.319 e. The number of sulfonamides is 1. The van der Waals surface area contributed by atoms with Crippen molar-refractivity contribution in [1.29, 1.82) is 0 Å². The summed E-state index contributed by atoms with van der Waals surface area (Å²) >= 11 is 0. The minimum Gasteiger partial charge on any atom is -0.494 e. The molecule has 10 heteroatoms. The number of hydrogen-bond donors (Lipinski definition) is 2. The van der Waals surface area contributed by atoms with E-state index in [0.717, 1.165) is 48.1 Å². The number of amides is 2. The molecule has 38 heavy (non-hydrogen) atoms. The summed E-state index contributed by atoms with van der Waals surface area (Å²) in [6.07, 6.45) is 2.74. The average molecular weight is 540 g/mol. The molecule has 9 nitrogen and oxygen atoms in total. The van der Waals surface area contributed by atoms with Crippen LogP contribution >= 0.6 is 0 Å². The molecule has 0 radical (unpaired) electrons. The van der Waals surface area contributed by atoms with Crippen LogP contribution in [0, 0.1) is 6.92 Å². The van der Waals surface area contributed by atoms with Crippen LogP contribution in [0.1, 0.15) is 31.9 Å². The highest BCUT2D eigenvalue weighted by Crippen LogP contribution is 2.25. The summed E-state index contributed by atoms with van der Waals surface area (Å²) in [5, 5.41) is 6.73. The topological polar surface area (TPSA) is 104 Å². The number of fused-ring (bicyclic) bond motifs is 1. The fourth-order valence-corrected chi connectivity index (χ4v) is 6.00. The van der Waals surface area contributed by atoms with Crippen LogP contribution in [0.2, 0.25) is 0 Å². The highest BCUT2D eigenvalue weighted by Gasteiger charge is 2.33. The number of pyridine rings is 1. The first kappa shape index (κ1) is 27.8. The van der Waals surface area contributed by atoms with Crippen molar-refractivity contribution < 1.29 is 17.9 Å². The Morgan fingerprint density at radius 3 is 2.71 bits per heavy atom. The molecule has 4 rings (SSSR count). The number of likely N-dealkylation sites (tertiary alicyclic amines) is 1. The number of para-hydroxylation sites is 1. The van der Waals surface area contributed by atoms with E-state index in [0.29, 0.717) is 32.0 Å². The Balaban J connectivity index is 1.25. The number of nitrogens with one attached hydrogen (secondary N) is 2. The largest absolute Gasteiger partial charge is 0.494 e. The average Bonchev–Trinajstić information content (AvgIpc) is 3.37. The van der Waals surface area contributed by atoms with Crippen LogP contribution in [0.4, 0.5) is 10.5 Å². The van der Waals surface area contributed by atoms with Crippen LogP contribution in [0.5, 0.6) is 5.75 Å². The number of benzene rings is 2. The highest BCUT2D eigenvalue weighted by atomic mass is 32.2. The zero-order valence-corrected chi connectivity index (χ0v) is 23.1. The summed E-state index contributed by atoms with van der Waals surface area (Å²) in [4.78, 5) is 19.5. The van der Waals surface area contributed by atoms with Gasteiger partial charge in [-0.05, 0) is 62.7 Å². The molecular formula is C28H37N5O4S. The molecule has 1 fully saturated rings. The van der Waals surface area contributed by atoms with E-state index < -0.39 is 10.0 Å². The number of hydrogen-bond acceptors (Lipinski definition) is 6. The van der Waals surface area contributed by atoms with Gasteiger partial charge in [0, 0.05) is 43.8 Å². The van der Waals surface area contributed by atoms with Crippen molar-refractivity contribution in [3.63, 3.8) is 0 Å². The van der Waals surface area contributed by atoms with Gasteiger partial charge in [-0.1, -0.05) is 31.5 Å². The minimum absolute atomic E-state index is 0.125. The van der Waals surface area contributed by atoms with Gasteiger partial charge >= 0.3 is 6.03 Å². The number of aromatic nitrogens is 1. The first-order valence-electron chi connectivity index (χ1n) is 13.1. The number of rotatable bonds is 11. The minimum atomic E-state index is -3.61. The molecule has 0 spiro atoms. The number of anilines is 1. The van der Waals surface area contributed by atoms with E-state index in [1.165, 1.54) is 4.31 Å². The van der Waals surface area contributed by atoms with E-state index in [9.17, 15) is 13.2 Å². The summed E-state index contributed by atoms with van der Waals surface area (Å²) in [7, 11) is -1.97. The van der Waals surface area contributed by atoms with Crippen LogP contribution in [0.25, 0.3) is 10.9 Å². The first-order valence-corrected chi connectivity index (χ1v) is 14.6. The van der Waals surface area contributed by atoms with Crippen molar-refractivity contribution in [1.82, 2.24) is 19.5 Å². The molecule has 1 aromatic heterocycles. The van der Waals surface area contributed by atoms with E-state index >= 15 is 0 Å². The van der Waals surface area contributed by atoms with Crippen LogP contribution < -0.4 is 15.4 Å². The number of aryl methyl sites for hydroxylation is 1. The van der Waals surface area contributed by atoms with Gasteiger partial charge in [-0.25, -0.2) is 13.2 Å². The van der Waals surface area contributed by atoms with E-state index in [-0.39, 0.29) is 17.0 Å². The summed E-state index contributed by atoms with van der Waals surface area (Å²) in [6.45, 7) is 7.09. The summed E-state index contributed by atoms with van der Waals surface area (Å²) in [6, 6.07) is 15.8. The van der Waals surface area contributed by atoms with Crippen molar-refractivity contribution >= 4 is 32.6 Å². The summed E-state index contributed by atoms with van der Waals surface area (Å²) < 4.78 is 33.5. The van der Waals surface area contributed by atoms with Crippen LogP contribution in [0.15, 0.2) is 59.5 Å². The monoisotopic (exact) mass is 539 g/mol. The van der Waals surface area contributed by atoms with Gasteiger partial charge in [0.15, 0.2) is 0 Å². The van der Waals surface area contributed by atoms with Crippen molar-refractivity contribution in [3.8, 4) is 5.75 Å². The third-order valence-corrected chi connectivity index (χ3v) is 8.76. The Kier molecular flexibility index (Phi) is 9.19. The van der Waals surface area contributed by atoms with Gasteiger partial charge in [-0.2, -0.15) is 4.31 Å². The second kappa shape index (κ2) is 12.6. The second-order valence-electron chi connectivity index (χ2n) is 9.65. The van der Waals surface area contributed by atoms with Gasteiger partial charge in [-0.15, -0.1) is 0 Å². The Bertz CT molecular complexity index is 1350. The maximum absolute atomic E-state index is 13.2. The number of carbonyl (C=O) groups excluding carboxylic acids is 1. The lowest BCUT2D eigenvalue weighted by Gasteiger charge is -2.24. The van der Waals surface area contributed by atoms with E-state index in [2.05, 4.69) is 27.4 Å². The Morgan fingerprint density at radius 1 is 1.18 bits per heavy atom. The predicted octanol–water partition coefficient (Wildman–Crippen LogP) is 4.24. The molecule has 0 saturated carbocycles. The predicted molar refractivity (Wildman–Crippen MR) is 150 cm³/mol. The number of ether oxygens (including phenoxy) is 1. The maximum atomic E-state index is 13.2. The van der Waals surface area contributed by atoms with Crippen molar-refractivity contribution in [2.45, 2.75) is 44.0 Å². The van der Waals surface area contributed by atoms with E-state index in [1.807, 2.05) is 37.3 Å². The quantitative estimate of drug-likeness (QED) is 0.353. The molecule has 2 aromatic carbocycles. The lowest BCUT2D eigenvalue weighted by molar-refractivity contribution is 0.248. The van der Waals surface area contributed by atoms with Crippen LogP contribution in [-0.4, -0.2) is 74.5 Å². The molecule has 2 N–H and O–H groups in total. The van der Waals surface area contributed by atoms with Gasteiger partial charge in [0.25, 0.3) is 0 Å². The Labute approximate surface area is 225 Å². The SMILES string of the molecule is CCCCOc1ccc(S(=O)(=O)N(C)C2CCN(CCNC(=O)Nc3cc(C)nc4ccccc34)C2)cc1. The fraction of sp³-hybridized carbons (Fsp3) is 0.429. The highest BCUT2D eigenvalue weighted by molar-refractivity contribution is 7.89. The van der Waals surface area contributed by atoms with Crippen molar-refractivity contribution in [3.05, 3.63) is 60.3 Å². The molecule has 1 aliphatic rings. The Morgan fingerprint density at radius 2 is 1.95 bits per heavy atom. The number of urea groups is 1.